The Labute approximate surface area is 164 Å². The van der Waals surface area contributed by atoms with Gasteiger partial charge in [0, 0.05) is 17.8 Å². The summed E-state index contributed by atoms with van der Waals surface area (Å²) in [7, 11) is 1.64. The normalized spacial score (nSPS) is 13.5. The van der Waals surface area contributed by atoms with Gasteiger partial charge < -0.3 is 14.0 Å². The molecule has 0 aliphatic carbocycles. The Morgan fingerprint density at radius 2 is 1.59 bits per heavy atom. The first-order valence-electron chi connectivity index (χ1n) is 8.74. The van der Waals surface area contributed by atoms with Crippen LogP contribution in [0.2, 0.25) is 0 Å². The number of hydrogen-bond acceptors (Lipinski definition) is 5. The van der Waals surface area contributed by atoms with Crippen molar-refractivity contribution in [3.63, 3.8) is 0 Å². The molecule has 2 aromatic rings. The number of benzene rings is 2. The average molecular weight is 387 g/mol. The van der Waals surface area contributed by atoms with Gasteiger partial charge in [-0.2, -0.15) is 5.26 Å². The Morgan fingerprint density at radius 1 is 1.04 bits per heavy atom. The Hall–Kier alpha value is -2.20. The third-order valence-corrected chi connectivity index (χ3v) is 5.50. The zero-order valence-electron chi connectivity index (χ0n) is 16.2. The molecule has 144 valence electrons. The van der Waals surface area contributed by atoms with Crippen LogP contribution in [0.5, 0.6) is 11.5 Å². The molecule has 0 aromatic heterocycles. The highest BCUT2D eigenvalue weighted by molar-refractivity contribution is 7.90. The van der Waals surface area contributed by atoms with E-state index >= 15 is 0 Å². The van der Waals surface area contributed by atoms with Crippen LogP contribution in [0.15, 0.2) is 48.5 Å². The molecule has 0 aliphatic heterocycles. The minimum Gasteiger partial charge on any atom is -0.598 e. The predicted molar refractivity (Wildman–Crippen MR) is 108 cm³/mol. The fourth-order valence-electron chi connectivity index (χ4n) is 2.27. The largest absolute Gasteiger partial charge is 0.598 e. The minimum atomic E-state index is -1.28. The maximum Gasteiger partial charge on any atom is 0.143 e. The van der Waals surface area contributed by atoms with Crippen molar-refractivity contribution in [1.82, 2.24) is 4.72 Å². The summed E-state index contributed by atoms with van der Waals surface area (Å²) >= 11 is -1.28. The Balaban J connectivity index is 1.89. The number of methoxy groups -OCH3 is 1. The molecule has 0 aliphatic rings. The second-order valence-electron chi connectivity index (χ2n) is 7.17. The smallest absolute Gasteiger partial charge is 0.143 e. The topological polar surface area (TPSA) is 77.3 Å². The van der Waals surface area contributed by atoms with Gasteiger partial charge in [0.15, 0.2) is 0 Å². The van der Waals surface area contributed by atoms with E-state index in [2.05, 4.69) is 10.8 Å². The average Bonchev–Trinajstić information content (AvgIpc) is 2.66. The number of nitrogens with zero attached hydrogens (tertiary/aromatic N) is 1. The van der Waals surface area contributed by atoms with Gasteiger partial charge in [0.2, 0.25) is 0 Å². The van der Waals surface area contributed by atoms with Crippen molar-refractivity contribution < 1.29 is 14.0 Å². The van der Waals surface area contributed by atoms with Crippen LogP contribution in [-0.2, 0) is 24.4 Å². The van der Waals surface area contributed by atoms with E-state index in [-0.39, 0.29) is 0 Å². The molecule has 0 radical (unpaired) electrons. The lowest BCUT2D eigenvalue weighted by atomic mass is 10.1. The first-order chi connectivity index (χ1) is 12.8. The highest BCUT2D eigenvalue weighted by Gasteiger charge is 2.29. The van der Waals surface area contributed by atoms with Crippen molar-refractivity contribution in [2.45, 2.75) is 44.6 Å². The molecule has 0 heterocycles. The van der Waals surface area contributed by atoms with E-state index in [0.29, 0.717) is 13.0 Å². The lowest BCUT2D eigenvalue weighted by Gasteiger charge is -2.25. The lowest BCUT2D eigenvalue weighted by Crippen LogP contribution is -2.44. The fraction of sp³-hybridized carbons (Fsp3) is 0.381. The van der Waals surface area contributed by atoms with Crippen molar-refractivity contribution >= 4 is 11.4 Å². The molecule has 0 bridgehead atoms. The van der Waals surface area contributed by atoms with Crippen molar-refractivity contribution in [1.29, 1.82) is 5.26 Å². The molecule has 0 saturated heterocycles. The molecule has 6 heteroatoms. The molecule has 1 unspecified atom stereocenters. The standard InChI is InChI=1S/C21H26N2O3S/c1-21(2,3)27(24)23-18(14-22)13-16-5-11-20(12-6-16)26-15-17-7-9-19(25-4)10-8-17/h5-12,18,23H,13,15H2,1-4H3/t18-,27?/m1/s1. The number of hydrogen-bond donors (Lipinski definition) is 1. The number of nitrogens with one attached hydrogen (secondary N) is 1. The van der Waals surface area contributed by atoms with Gasteiger partial charge in [0.1, 0.15) is 28.9 Å². The summed E-state index contributed by atoms with van der Waals surface area (Å²) in [6.07, 6.45) is 0.483. The Bertz CT molecular complexity index is 749. The monoisotopic (exact) mass is 386 g/mol. The minimum absolute atomic E-state index is 0.408. The number of rotatable bonds is 8. The zero-order chi connectivity index (χ0) is 19.9. The van der Waals surface area contributed by atoms with Gasteiger partial charge in [-0.3, -0.25) is 0 Å². The Morgan fingerprint density at radius 3 is 2.11 bits per heavy atom. The van der Waals surface area contributed by atoms with Gasteiger partial charge in [-0.25, -0.2) is 0 Å². The van der Waals surface area contributed by atoms with Crippen molar-refractivity contribution in [2.24, 2.45) is 0 Å². The van der Waals surface area contributed by atoms with E-state index in [1.165, 1.54) is 0 Å². The van der Waals surface area contributed by atoms with E-state index in [9.17, 15) is 9.81 Å². The predicted octanol–water partition coefficient (Wildman–Crippen LogP) is 3.76. The maximum atomic E-state index is 12.2. The second kappa shape index (κ2) is 9.65. The van der Waals surface area contributed by atoms with Crippen LogP contribution in [0.1, 0.15) is 31.9 Å². The van der Waals surface area contributed by atoms with Crippen LogP contribution in [0.25, 0.3) is 0 Å². The molecule has 5 nitrogen and oxygen atoms in total. The van der Waals surface area contributed by atoms with Crippen LogP contribution < -0.4 is 14.2 Å². The van der Waals surface area contributed by atoms with Crippen molar-refractivity contribution in [3.05, 3.63) is 59.7 Å². The second-order valence-corrected chi connectivity index (χ2v) is 9.16. The molecule has 1 N–H and O–H groups in total. The van der Waals surface area contributed by atoms with Gasteiger partial charge in [-0.1, -0.05) is 24.3 Å². The van der Waals surface area contributed by atoms with E-state index in [1.807, 2.05) is 69.3 Å². The quantitative estimate of drug-likeness (QED) is 0.699. The molecule has 0 spiro atoms. The number of nitriles is 1. The van der Waals surface area contributed by atoms with Crippen molar-refractivity contribution in [2.75, 3.05) is 7.11 Å². The molecule has 0 fully saturated rings. The first kappa shape index (κ1) is 21.1. The molecule has 27 heavy (non-hydrogen) atoms. The van der Waals surface area contributed by atoms with E-state index in [4.69, 9.17) is 9.47 Å². The SMILES string of the molecule is COc1ccc(COc2ccc(C[C@H](C#N)N[S+]([O-])C(C)(C)C)cc2)cc1. The van der Waals surface area contributed by atoms with E-state index < -0.39 is 22.2 Å². The summed E-state index contributed by atoms with van der Waals surface area (Å²) in [5, 5.41) is 9.32. The third kappa shape index (κ3) is 6.79. The molecule has 2 aromatic carbocycles. The lowest BCUT2D eigenvalue weighted by molar-refractivity contribution is 0.306. The summed E-state index contributed by atoms with van der Waals surface area (Å²) in [6, 6.07) is 17.0. The summed E-state index contributed by atoms with van der Waals surface area (Å²) < 4.78 is 25.6. The third-order valence-electron chi connectivity index (χ3n) is 3.89. The maximum absolute atomic E-state index is 12.2. The van der Waals surface area contributed by atoms with Crippen LogP contribution in [0, 0.1) is 11.3 Å². The molecule has 2 rings (SSSR count). The zero-order valence-corrected chi connectivity index (χ0v) is 17.0. The van der Waals surface area contributed by atoms with Gasteiger partial charge in [-0.05, 0) is 56.2 Å². The van der Waals surface area contributed by atoms with E-state index in [0.717, 1.165) is 22.6 Å². The molecule has 2 atom stereocenters. The van der Waals surface area contributed by atoms with Crippen LogP contribution >= 0.6 is 0 Å². The van der Waals surface area contributed by atoms with Gasteiger partial charge in [0.25, 0.3) is 0 Å². The molecular formula is C21H26N2O3S. The first-order valence-corrected chi connectivity index (χ1v) is 9.89. The van der Waals surface area contributed by atoms with Gasteiger partial charge >= 0.3 is 0 Å². The van der Waals surface area contributed by atoms with Crippen LogP contribution in [-0.4, -0.2) is 22.5 Å². The Kier molecular flexibility index (Phi) is 7.55. The molecule has 0 saturated carbocycles. The summed E-state index contributed by atoms with van der Waals surface area (Å²) in [5.74, 6) is 1.57. The summed E-state index contributed by atoms with van der Waals surface area (Å²) in [6.45, 7) is 6.09. The van der Waals surface area contributed by atoms with Crippen LogP contribution in [0.3, 0.4) is 0 Å². The molecule has 0 amide bonds. The molecular weight excluding hydrogens is 360 g/mol. The van der Waals surface area contributed by atoms with Gasteiger partial charge in [0.05, 0.1) is 13.2 Å². The summed E-state index contributed by atoms with van der Waals surface area (Å²) in [4.78, 5) is 0. The van der Waals surface area contributed by atoms with Gasteiger partial charge in [-0.15, -0.1) is 4.72 Å². The number of ether oxygens (including phenoxy) is 2. The fourth-order valence-corrected chi connectivity index (χ4v) is 3.01. The van der Waals surface area contributed by atoms with Crippen LogP contribution in [0.4, 0.5) is 0 Å². The highest BCUT2D eigenvalue weighted by Crippen LogP contribution is 2.18. The van der Waals surface area contributed by atoms with E-state index in [1.54, 1.807) is 7.11 Å². The van der Waals surface area contributed by atoms with Crippen molar-refractivity contribution in [3.8, 4) is 17.6 Å². The summed E-state index contributed by atoms with van der Waals surface area (Å²) in [5.41, 5.74) is 2.04. The highest BCUT2D eigenvalue weighted by atomic mass is 32.2.